The number of Topliss-reactive ketones (excluding diaryl/α,β-unsaturated/α-hetero) is 1. The molecule has 0 aliphatic heterocycles. The second-order valence-corrected chi connectivity index (χ2v) is 9.22. The van der Waals surface area contributed by atoms with E-state index < -0.39 is 23.7 Å². The van der Waals surface area contributed by atoms with Crippen molar-refractivity contribution in [2.24, 2.45) is 5.92 Å². The number of nitrogens with zero attached hydrogens (tertiary/aromatic N) is 4. The first-order chi connectivity index (χ1) is 17.2. The summed E-state index contributed by atoms with van der Waals surface area (Å²) in [6.07, 6.45) is 2.41. The Bertz CT molecular complexity index is 1510. The number of ketones is 1. The van der Waals surface area contributed by atoms with Gasteiger partial charge in [0.05, 0.1) is 12.9 Å². The maximum Gasteiger partial charge on any atom is 0.333 e. The summed E-state index contributed by atoms with van der Waals surface area (Å²) in [6.45, 7) is 5.98. The number of hydrogen-bond acceptors (Lipinski definition) is 5. The molecule has 186 valence electrons. The summed E-state index contributed by atoms with van der Waals surface area (Å²) in [5.74, 6) is -0.190. The molecule has 9 heteroatoms. The van der Waals surface area contributed by atoms with Gasteiger partial charge < -0.3 is 9.88 Å². The molecule has 2 aromatic carbocycles. The summed E-state index contributed by atoms with van der Waals surface area (Å²) in [4.78, 5) is 55.6. The van der Waals surface area contributed by atoms with Crippen LogP contribution in [-0.2, 0) is 24.4 Å². The number of carbonyl (C=O) groups is 2. The van der Waals surface area contributed by atoms with E-state index in [0.717, 1.165) is 16.6 Å². The normalized spacial score (nSPS) is 11.2. The van der Waals surface area contributed by atoms with E-state index in [0.29, 0.717) is 34.9 Å². The van der Waals surface area contributed by atoms with Crippen LogP contribution >= 0.6 is 0 Å². The summed E-state index contributed by atoms with van der Waals surface area (Å²) in [6, 6.07) is 15.8. The van der Waals surface area contributed by atoms with Gasteiger partial charge in [0.1, 0.15) is 6.54 Å². The van der Waals surface area contributed by atoms with Crippen molar-refractivity contribution in [3.8, 4) is 0 Å². The lowest BCUT2D eigenvalue weighted by Gasteiger charge is -2.13. The molecule has 1 amide bonds. The number of nitrogens with one attached hydrogen (secondary N) is 1. The first-order valence-electron chi connectivity index (χ1n) is 11.9. The van der Waals surface area contributed by atoms with E-state index in [9.17, 15) is 19.2 Å². The molecule has 1 N–H and O–H groups in total. The van der Waals surface area contributed by atoms with E-state index in [-0.39, 0.29) is 12.3 Å². The van der Waals surface area contributed by atoms with Crippen molar-refractivity contribution in [2.75, 3.05) is 5.32 Å². The molecule has 0 fully saturated rings. The number of anilines is 1. The average molecular weight is 488 g/mol. The average Bonchev–Trinajstić information content (AvgIpc) is 3.28. The first kappa shape index (κ1) is 24.8. The largest absolute Gasteiger partial charge is 0.333 e. The van der Waals surface area contributed by atoms with Crippen LogP contribution in [0.25, 0.3) is 11.2 Å². The van der Waals surface area contributed by atoms with Crippen LogP contribution in [0, 0.1) is 5.92 Å². The minimum Gasteiger partial charge on any atom is -0.325 e. The van der Waals surface area contributed by atoms with Gasteiger partial charge in [0.2, 0.25) is 5.91 Å². The Morgan fingerprint density at radius 3 is 2.31 bits per heavy atom. The molecule has 0 spiro atoms. The van der Waals surface area contributed by atoms with Crippen LogP contribution in [0.1, 0.15) is 43.1 Å². The fraction of sp³-hybridized carbons (Fsp3) is 0.296. The van der Waals surface area contributed by atoms with Gasteiger partial charge in [-0.15, -0.1) is 0 Å². The summed E-state index contributed by atoms with van der Waals surface area (Å²) in [5.41, 5.74) is 1.30. The van der Waals surface area contributed by atoms with Gasteiger partial charge in [0.25, 0.3) is 5.56 Å². The first-order valence-corrected chi connectivity index (χ1v) is 11.9. The second kappa shape index (κ2) is 10.6. The maximum absolute atomic E-state index is 13.5. The SMILES string of the molecule is CC(=O)c1ccc(NC(=O)Cn2c(=O)c3c(ncn3CCC(C)C)n(Cc3ccccc3)c2=O)cc1. The van der Waals surface area contributed by atoms with Gasteiger partial charge in [0.15, 0.2) is 16.9 Å². The molecule has 2 aromatic heterocycles. The predicted molar refractivity (Wildman–Crippen MR) is 138 cm³/mol. The number of hydrogen-bond donors (Lipinski definition) is 1. The molecule has 9 nitrogen and oxygen atoms in total. The smallest absolute Gasteiger partial charge is 0.325 e. The third-order valence-corrected chi connectivity index (χ3v) is 5.99. The standard InChI is InChI=1S/C27H29N5O4/c1-18(2)13-14-30-17-28-25-24(30)26(35)32(27(36)31(25)15-20-7-5-4-6-8-20)16-23(34)29-22-11-9-21(10-12-22)19(3)33/h4-12,17-18H,13-16H2,1-3H3,(H,29,34). The fourth-order valence-corrected chi connectivity index (χ4v) is 3.99. The van der Waals surface area contributed by atoms with Gasteiger partial charge >= 0.3 is 5.69 Å². The summed E-state index contributed by atoms with van der Waals surface area (Å²) in [7, 11) is 0. The Morgan fingerprint density at radius 2 is 1.67 bits per heavy atom. The van der Waals surface area contributed by atoms with Crippen molar-refractivity contribution < 1.29 is 9.59 Å². The summed E-state index contributed by atoms with van der Waals surface area (Å²) >= 11 is 0. The highest BCUT2D eigenvalue weighted by Gasteiger charge is 2.20. The van der Waals surface area contributed by atoms with Crippen molar-refractivity contribution in [3.63, 3.8) is 0 Å². The lowest BCUT2D eigenvalue weighted by Crippen LogP contribution is -2.43. The van der Waals surface area contributed by atoms with E-state index in [2.05, 4.69) is 24.1 Å². The lowest BCUT2D eigenvalue weighted by molar-refractivity contribution is -0.116. The molecule has 0 saturated carbocycles. The molecule has 0 unspecified atom stereocenters. The number of rotatable bonds is 9. The van der Waals surface area contributed by atoms with Crippen molar-refractivity contribution >= 4 is 28.5 Å². The fourth-order valence-electron chi connectivity index (χ4n) is 3.99. The molecular formula is C27H29N5O4. The van der Waals surface area contributed by atoms with Crippen molar-refractivity contribution in [1.82, 2.24) is 18.7 Å². The van der Waals surface area contributed by atoms with E-state index in [1.54, 1.807) is 35.2 Å². The lowest BCUT2D eigenvalue weighted by atomic mass is 10.1. The van der Waals surface area contributed by atoms with E-state index in [1.807, 2.05) is 30.3 Å². The van der Waals surface area contributed by atoms with Crippen LogP contribution in [0.2, 0.25) is 0 Å². The van der Waals surface area contributed by atoms with Crippen molar-refractivity contribution in [1.29, 1.82) is 0 Å². The van der Waals surface area contributed by atoms with Crippen LogP contribution in [0.4, 0.5) is 5.69 Å². The minimum absolute atomic E-state index is 0.0826. The number of fused-ring (bicyclic) bond motifs is 1. The zero-order chi connectivity index (χ0) is 25.8. The molecule has 4 rings (SSSR count). The van der Waals surface area contributed by atoms with Crippen LogP contribution in [0.3, 0.4) is 0 Å². The number of imidazole rings is 1. The highest BCUT2D eigenvalue weighted by Crippen LogP contribution is 2.13. The van der Waals surface area contributed by atoms with E-state index in [4.69, 9.17) is 0 Å². The third kappa shape index (κ3) is 5.35. The van der Waals surface area contributed by atoms with E-state index >= 15 is 0 Å². The maximum atomic E-state index is 13.5. The highest BCUT2D eigenvalue weighted by molar-refractivity contribution is 5.95. The topological polar surface area (TPSA) is 108 Å². The van der Waals surface area contributed by atoms with Gasteiger partial charge in [-0.1, -0.05) is 44.2 Å². The Labute approximate surface area is 208 Å². The van der Waals surface area contributed by atoms with Crippen molar-refractivity contribution in [2.45, 2.75) is 46.8 Å². The number of aromatic nitrogens is 4. The number of carbonyl (C=O) groups excluding carboxylic acids is 2. The highest BCUT2D eigenvalue weighted by atomic mass is 16.2. The molecule has 36 heavy (non-hydrogen) atoms. The quantitative estimate of drug-likeness (QED) is 0.365. The van der Waals surface area contributed by atoms with E-state index in [1.165, 1.54) is 11.5 Å². The zero-order valence-electron chi connectivity index (χ0n) is 20.6. The van der Waals surface area contributed by atoms with Gasteiger partial charge in [0, 0.05) is 17.8 Å². The molecule has 0 atom stereocenters. The molecule has 0 radical (unpaired) electrons. The number of aryl methyl sites for hydroxylation is 1. The molecule has 0 aliphatic rings. The minimum atomic E-state index is -0.604. The van der Waals surface area contributed by atoms with Crippen LogP contribution in [0.5, 0.6) is 0 Å². The van der Waals surface area contributed by atoms with Crippen LogP contribution < -0.4 is 16.6 Å². The number of amides is 1. The Morgan fingerprint density at radius 1 is 0.972 bits per heavy atom. The molecular weight excluding hydrogens is 458 g/mol. The summed E-state index contributed by atoms with van der Waals surface area (Å²) < 4.78 is 4.15. The van der Waals surface area contributed by atoms with Crippen LogP contribution in [-0.4, -0.2) is 30.4 Å². The molecule has 0 aliphatic carbocycles. The zero-order valence-corrected chi connectivity index (χ0v) is 20.6. The molecule has 2 heterocycles. The number of benzene rings is 2. The Balaban J connectivity index is 1.73. The summed E-state index contributed by atoms with van der Waals surface area (Å²) in [5, 5.41) is 2.70. The molecule has 0 saturated heterocycles. The van der Waals surface area contributed by atoms with Gasteiger partial charge in [-0.25, -0.2) is 14.3 Å². The van der Waals surface area contributed by atoms with Crippen molar-refractivity contribution in [3.05, 3.63) is 92.9 Å². The molecule has 0 bridgehead atoms. The Hall–Kier alpha value is -4.27. The second-order valence-electron chi connectivity index (χ2n) is 9.22. The van der Waals surface area contributed by atoms with Gasteiger partial charge in [-0.3, -0.25) is 19.0 Å². The van der Waals surface area contributed by atoms with Gasteiger partial charge in [-0.05, 0) is 49.1 Å². The van der Waals surface area contributed by atoms with Gasteiger partial charge in [-0.2, -0.15) is 0 Å². The third-order valence-electron chi connectivity index (χ3n) is 5.99. The van der Waals surface area contributed by atoms with Crippen LogP contribution in [0.15, 0.2) is 70.5 Å². The monoisotopic (exact) mass is 487 g/mol. The predicted octanol–water partition coefficient (Wildman–Crippen LogP) is 3.30. The molecule has 4 aromatic rings. The Kier molecular flexibility index (Phi) is 7.28.